The van der Waals surface area contributed by atoms with E-state index in [9.17, 15) is 9.90 Å². The fraction of sp³-hybridized carbons (Fsp3) is 0.500. The predicted octanol–water partition coefficient (Wildman–Crippen LogP) is 1.82. The van der Waals surface area contributed by atoms with E-state index in [4.69, 9.17) is 15.5 Å². The van der Waals surface area contributed by atoms with E-state index >= 15 is 0 Å². The second-order valence-corrected chi connectivity index (χ2v) is 8.44. The maximum atomic E-state index is 11.4. The number of nitrogens with two attached hydrogens (primary N) is 1. The van der Waals surface area contributed by atoms with Crippen molar-refractivity contribution in [3.8, 4) is 5.75 Å². The fourth-order valence-corrected chi connectivity index (χ4v) is 4.63. The molecule has 2 aliphatic rings. The monoisotopic (exact) mass is 335 g/mol. The molecule has 4 N–H and O–H groups in total. The van der Waals surface area contributed by atoms with Crippen molar-refractivity contribution < 1.29 is 14.6 Å². The van der Waals surface area contributed by atoms with Crippen LogP contribution in [0.2, 0.25) is 0 Å². The lowest BCUT2D eigenvalue weighted by Crippen LogP contribution is -2.56. The van der Waals surface area contributed by atoms with Crippen LogP contribution in [0.15, 0.2) is 23.2 Å². The number of anilines is 1. The van der Waals surface area contributed by atoms with Crippen LogP contribution in [0.3, 0.4) is 0 Å². The maximum absolute atomic E-state index is 11.4. The number of carbonyl (C=O) groups is 1. The van der Waals surface area contributed by atoms with E-state index in [0.717, 1.165) is 5.56 Å². The van der Waals surface area contributed by atoms with E-state index in [0.29, 0.717) is 36.7 Å². The highest BCUT2D eigenvalue weighted by Gasteiger charge is 2.57. The number of hydrogen-bond acceptors (Lipinski definition) is 6. The molecule has 1 aromatic carbocycles. The first-order valence-corrected chi connectivity index (χ1v) is 8.29. The molecule has 0 fully saturated rings. The number of hydrogen-bond donors (Lipinski definition) is 3. The molecule has 0 aromatic heterocycles. The molecule has 23 heavy (non-hydrogen) atoms. The number of amides is 1. The topological polar surface area (TPSA) is 96.9 Å². The Labute approximate surface area is 139 Å². The van der Waals surface area contributed by atoms with Crippen LogP contribution >= 0.6 is 11.8 Å². The lowest BCUT2D eigenvalue weighted by molar-refractivity contribution is -0.105. The zero-order valence-corrected chi connectivity index (χ0v) is 14.2. The van der Waals surface area contributed by atoms with Crippen LogP contribution in [0.1, 0.15) is 32.8 Å². The van der Waals surface area contributed by atoms with Crippen molar-refractivity contribution in [1.29, 1.82) is 0 Å². The van der Waals surface area contributed by atoms with Crippen molar-refractivity contribution in [3.63, 3.8) is 0 Å². The average Bonchev–Trinajstić information content (AvgIpc) is 2.55. The molecule has 0 saturated heterocycles. The highest BCUT2D eigenvalue weighted by atomic mass is 32.2. The fourth-order valence-electron chi connectivity index (χ4n) is 3.10. The minimum atomic E-state index is -1.15. The van der Waals surface area contributed by atoms with E-state index in [1.165, 1.54) is 11.8 Å². The Morgan fingerprint density at radius 3 is 2.87 bits per heavy atom. The van der Waals surface area contributed by atoms with Crippen molar-refractivity contribution in [2.75, 3.05) is 11.9 Å². The van der Waals surface area contributed by atoms with E-state index < -0.39 is 15.2 Å². The minimum absolute atomic E-state index is 0.387. The molecule has 0 aliphatic carbocycles. The van der Waals surface area contributed by atoms with Crippen LogP contribution in [0.5, 0.6) is 5.75 Å². The number of aliphatic imine (C=N–C) groups is 1. The second kappa shape index (κ2) is 5.14. The van der Waals surface area contributed by atoms with Gasteiger partial charge in [0.15, 0.2) is 0 Å². The van der Waals surface area contributed by atoms with Gasteiger partial charge in [-0.1, -0.05) is 0 Å². The summed E-state index contributed by atoms with van der Waals surface area (Å²) in [5, 5.41) is 14.0. The largest absolute Gasteiger partial charge is 0.493 e. The summed E-state index contributed by atoms with van der Waals surface area (Å²) >= 11 is 1.41. The first-order valence-electron chi connectivity index (χ1n) is 7.48. The van der Waals surface area contributed by atoms with E-state index in [2.05, 4.69) is 5.32 Å². The zero-order valence-electron chi connectivity index (χ0n) is 13.4. The number of ether oxygens (including phenoxy) is 1. The standard InChI is InChI=1S/C16H21N3O3S/c1-14(2)13(17)19-15(3)11-8-10(18-9-20)4-5-12(11)22-7-6-16(15,21)23-14/h4-5,8-9,21H,6-7H2,1-3H3,(H2,17,19)(H,18,20)/t15-,16+/m1/s1. The van der Waals surface area contributed by atoms with E-state index in [1.54, 1.807) is 18.2 Å². The van der Waals surface area contributed by atoms with E-state index in [1.807, 2.05) is 20.8 Å². The highest BCUT2D eigenvalue weighted by molar-refractivity contribution is 8.02. The molecule has 0 bridgehead atoms. The number of nitrogens with zero attached hydrogens (tertiary/aromatic N) is 1. The molecule has 6 nitrogen and oxygen atoms in total. The number of thioether (sulfide) groups is 1. The number of fused-ring (bicyclic) bond motifs is 3. The Hall–Kier alpha value is -1.73. The van der Waals surface area contributed by atoms with Crippen molar-refractivity contribution in [3.05, 3.63) is 23.8 Å². The smallest absolute Gasteiger partial charge is 0.211 e. The van der Waals surface area contributed by atoms with Crippen molar-refractivity contribution in [2.24, 2.45) is 10.7 Å². The summed E-state index contributed by atoms with van der Waals surface area (Å²) in [7, 11) is 0. The molecular formula is C16H21N3O3S. The third kappa shape index (κ3) is 2.38. The molecule has 0 saturated carbocycles. The molecule has 0 radical (unpaired) electrons. The summed E-state index contributed by atoms with van der Waals surface area (Å²) in [6.07, 6.45) is 1.05. The average molecular weight is 335 g/mol. The van der Waals surface area contributed by atoms with Crippen molar-refractivity contribution >= 4 is 29.7 Å². The van der Waals surface area contributed by atoms with Gasteiger partial charge in [-0.25, -0.2) is 0 Å². The van der Waals surface area contributed by atoms with Gasteiger partial charge in [0.2, 0.25) is 6.41 Å². The third-order valence-electron chi connectivity index (χ3n) is 4.57. The summed E-state index contributed by atoms with van der Waals surface area (Å²) in [5.41, 5.74) is 6.56. The lowest BCUT2D eigenvalue weighted by atomic mass is 9.83. The lowest BCUT2D eigenvalue weighted by Gasteiger charge is -2.49. The molecule has 1 aromatic rings. The summed E-state index contributed by atoms with van der Waals surface area (Å²) in [6.45, 7) is 6.15. The molecule has 124 valence electrons. The SMILES string of the molecule is CC1(C)S[C@@]2(O)CCOc3ccc(NC=O)cc3[C@@]2(C)N=C1N. The molecular weight excluding hydrogens is 314 g/mol. The Morgan fingerprint density at radius 2 is 2.17 bits per heavy atom. The minimum Gasteiger partial charge on any atom is -0.493 e. The van der Waals surface area contributed by atoms with Crippen molar-refractivity contribution in [1.82, 2.24) is 0 Å². The van der Waals surface area contributed by atoms with Gasteiger partial charge in [-0.2, -0.15) is 0 Å². The van der Waals surface area contributed by atoms with Crippen molar-refractivity contribution in [2.45, 2.75) is 42.4 Å². The van der Waals surface area contributed by atoms with Gasteiger partial charge >= 0.3 is 0 Å². The summed E-state index contributed by atoms with van der Waals surface area (Å²) in [6, 6.07) is 5.33. The molecule has 2 atom stereocenters. The quantitative estimate of drug-likeness (QED) is 0.716. The summed E-state index contributed by atoms with van der Waals surface area (Å²) in [5.74, 6) is 1.13. The number of nitrogens with one attached hydrogen (secondary N) is 1. The number of aliphatic hydroxyl groups is 1. The Kier molecular flexibility index (Phi) is 3.61. The number of carbonyl (C=O) groups excluding carboxylic acids is 1. The van der Waals surface area contributed by atoms with Crippen LogP contribution in [-0.4, -0.2) is 33.6 Å². The van der Waals surface area contributed by atoms with Gasteiger partial charge in [-0.05, 0) is 39.0 Å². The van der Waals surface area contributed by atoms with Crippen LogP contribution < -0.4 is 15.8 Å². The second-order valence-electron chi connectivity index (χ2n) is 6.54. The molecule has 0 spiro atoms. The molecule has 7 heteroatoms. The molecule has 2 aliphatic heterocycles. The van der Waals surface area contributed by atoms with Gasteiger partial charge in [0, 0.05) is 17.7 Å². The molecule has 1 amide bonds. The summed E-state index contributed by atoms with van der Waals surface area (Å²) < 4.78 is 5.35. The Balaban J connectivity index is 2.23. The number of benzene rings is 1. The zero-order chi connectivity index (χ0) is 16.9. The molecule has 3 rings (SSSR count). The van der Waals surface area contributed by atoms with Crippen LogP contribution in [0.4, 0.5) is 5.69 Å². The van der Waals surface area contributed by atoms with Gasteiger partial charge in [0.1, 0.15) is 22.1 Å². The highest BCUT2D eigenvalue weighted by Crippen LogP contribution is 2.57. The number of rotatable bonds is 2. The molecule has 0 unspecified atom stereocenters. The van der Waals surface area contributed by atoms with Gasteiger partial charge in [0.05, 0.1) is 11.4 Å². The van der Waals surface area contributed by atoms with Gasteiger partial charge in [-0.3, -0.25) is 9.79 Å². The molecule has 2 heterocycles. The Bertz CT molecular complexity index is 691. The summed E-state index contributed by atoms with van der Waals surface area (Å²) in [4.78, 5) is 14.3. The first kappa shape index (κ1) is 16.1. The Morgan fingerprint density at radius 1 is 1.43 bits per heavy atom. The van der Waals surface area contributed by atoms with E-state index in [-0.39, 0.29) is 0 Å². The van der Waals surface area contributed by atoms with Crippen LogP contribution in [0.25, 0.3) is 0 Å². The van der Waals surface area contributed by atoms with Crippen LogP contribution in [-0.2, 0) is 10.3 Å². The van der Waals surface area contributed by atoms with Crippen LogP contribution in [0, 0.1) is 0 Å². The van der Waals surface area contributed by atoms with Gasteiger partial charge in [-0.15, -0.1) is 11.8 Å². The predicted molar refractivity (Wildman–Crippen MR) is 91.8 cm³/mol. The normalized spacial score (nSPS) is 31.7. The van der Waals surface area contributed by atoms with Gasteiger partial charge < -0.3 is 20.9 Å². The number of amidine groups is 1. The van der Waals surface area contributed by atoms with Gasteiger partial charge in [0.25, 0.3) is 0 Å². The first-order chi connectivity index (χ1) is 10.7. The third-order valence-corrected chi connectivity index (χ3v) is 6.23. The maximum Gasteiger partial charge on any atom is 0.211 e.